The predicted molar refractivity (Wildman–Crippen MR) is 109 cm³/mol. The van der Waals surface area contributed by atoms with Crippen LogP contribution in [0.1, 0.15) is 6.23 Å². The number of rotatable bonds is 9. The van der Waals surface area contributed by atoms with Crippen LogP contribution >= 0.6 is 15.6 Å². The van der Waals surface area contributed by atoms with Crippen molar-refractivity contribution in [1.82, 2.24) is 9.55 Å². The monoisotopic (exact) mass is 566 g/mol. The minimum absolute atomic E-state index is 0.723. The van der Waals surface area contributed by atoms with Crippen molar-refractivity contribution in [3.63, 3.8) is 0 Å². The zero-order valence-corrected chi connectivity index (χ0v) is 19.6. The lowest BCUT2D eigenvalue weighted by Crippen LogP contribution is -2.58. The fourth-order valence-corrected chi connectivity index (χ4v) is 5.51. The van der Waals surface area contributed by atoms with Crippen LogP contribution < -0.4 is 11.2 Å². The molecule has 3 rings (SSSR count). The highest BCUT2D eigenvalue weighted by molar-refractivity contribution is 7.61. The maximum absolute atomic E-state index is 12.2. The van der Waals surface area contributed by atoms with E-state index in [1.165, 1.54) is 0 Å². The molecule has 0 bridgehead atoms. The van der Waals surface area contributed by atoms with Gasteiger partial charge in [-0.15, -0.1) is 0 Å². The highest BCUT2D eigenvalue weighted by Gasteiger charge is 2.49. The first kappa shape index (κ1) is 29.2. The molecule has 0 aliphatic carbocycles. The maximum Gasteiger partial charge on any atom is 0.483 e. The summed E-state index contributed by atoms with van der Waals surface area (Å²) in [6.07, 6.45) is -15.4. The molecule has 2 fully saturated rings. The summed E-state index contributed by atoms with van der Waals surface area (Å²) in [6, 6.07) is 0.928. The molecule has 0 radical (unpaired) electrons. The molecule has 2 aliphatic rings. The average Bonchev–Trinajstić information content (AvgIpc) is 3.06. The lowest BCUT2D eigenvalue weighted by molar-refractivity contribution is -0.280. The molecule has 21 heteroatoms. The molecular formula is C15H24N2O17P2. The Morgan fingerprint density at radius 3 is 2.17 bits per heavy atom. The van der Waals surface area contributed by atoms with E-state index in [0.717, 1.165) is 16.8 Å². The SMILES string of the molecule is O=c1ccn([C@@H]2O[C@H](COP(=O)(O)OP(=O)(O)O[C@H]3O[C@@H](CO)[C@@H](O)[C@@H](O)[C@@H]3O)[C@@H](O)[C@H]2O)c(=O)[nH]1. The van der Waals surface area contributed by atoms with Crippen LogP contribution in [0.4, 0.5) is 0 Å². The van der Waals surface area contributed by atoms with Gasteiger partial charge in [0.05, 0.1) is 13.2 Å². The molecule has 19 nitrogen and oxygen atoms in total. The number of aromatic nitrogens is 2. The van der Waals surface area contributed by atoms with E-state index in [4.69, 9.17) is 14.6 Å². The molecule has 3 heterocycles. The number of H-pyrrole nitrogens is 1. The van der Waals surface area contributed by atoms with Crippen LogP contribution in [0.25, 0.3) is 0 Å². The molecule has 11 atom stereocenters. The summed E-state index contributed by atoms with van der Waals surface area (Å²) in [5.74, 6) is 0. The van der Waals surface area contributed by atoms with Crippen LogP contribution in [0, 0.1) is 0 Å². The molecule has 1 aromatic heterocycles. The van der Waals surface area contributed by atoms with Gasteiger partial charge in [-0.1, -0.05) is 0 Å². The Kier molecular flexibility index (Phi) is 9.05. The standard InChI is InChI=1S/C15H24N2O17P2/c18-3-5-8(20)10(22)12(24)14(32-5)33-36(28,29)34-35(26,27)30-4-6-9(21)11(23)13(31-6)17-2-1-7(19)16-15(17)25/h1-2,5-6,8-14,18,20-24H,3-4H2,(H,26,27)(H,28,29)(H,16,19,25)/t5-,6+,8+,9+,10+,11+,12-,13+,14+/m0/s1. The number of aromatic amines is 1. The second-order valence-electron chi connectivity index (χ2n) is 7.68. The fourth-order valence-electron chi connectivity index (χ4n) is 3.35. The van der Waals surface area contributed by atoms with Gasteiger partial charge in [-0.2, -0.15) is 4.31 Å². The van der Waals surface area contributed by atoms with Gasteiger partial charge >= 0.3 is 21.3 Å². The maximum atomic E-state index is 12.2. The number of nitrogens with zero attached hydrogens (tertiary/aromatic N) is 1. The number of nitrogens with one attached hydrogen (secondary N) is 1. The topological polar surface area (TPSA) is 297 Å². The molecule has 9 N–H and O–H groups in total. The number of aliphatic hydroxyl groups is 6. The summed E-state index contributed by atoms with van der Waals surface area (Å²) < 4.78 is 48.1. The second-order valence-corrected chi connectivity index (χ2v) is 10.7. The van der Waals surface area contributed by atoms with E-state index < -0.39 is 95.4 Å². The Morgan fingerprint density at radius 1 is 0.917 bits per heavy atom. The van der Waals surface area contributed by atoms with E-state index in [2.05, 4.69) is 13.4 Å². The van der Waals surface area contributed by atoms with E-state index in [1.54, 1.807) is 0 Å². The molecule has 2 unspecified atom stereocenters. The Labute approximate surface area is 199 Å². The van der Waals surface area contributed by atoms with E-state index in [-0.39, 0.29) is 0 Å². The largest absolute Gasteiger partial charge is 0.483 e. The van der Waals surface area contributed by atoms with Crippen LogP contribution in [-0.2, 0) is 32.0 Å². The van der Waals surface area contributed by atoms with Crippen molar-refractivity contribution in [3.05, 3.63) is 33.1 Å². The molecule has 206 valence electrons. The van der Waals surface area contributed by atoms with Crippen molar-refractivity contribution in [1.29, 1.82) is 0 Å². The van der Waals surface area contributed by atoms with Crippen molar-refractivity contribution in [2.75, 3.05) is 13.2 Å². The molecule has 0 amide bonds. The average molecular weight is 566 g/mol. The number of hydrogen-bond donors (Lipinski definition) is 9. The molecule has 0 aromatic carbocycles. The third kappa shape index (κ3) is 6.54. The molecule has 0 saturated carbocycles. The third-order valence-electron chi connectivity index (χ3n) is 5.16. The van der Waals surface area contributed by atoms with Crippen molar-refractivity contribution >= 4 is 15.6 Å². The fraction of sp³-hybridized carbons (Fsp3) is 0.733. The lowest BCUT2D eigenvalue weighted by atomic mass is 10.00. The van der Waals surface area contributed by atoms with Crippen molar-refractivity contribution in [3.8, 4) is 0 Å². The quantitative estimate of drug-likeness (QED) is 0.127. The van der Waals surface area contributed by atoms with Crippen LogP contribution in [0.2, 0.25) is 0 Å². The molecular weight excluding hydrogens is 542 g/mol. The first-order valence-corrected chi connectivity index (χ1v) is 13.0. The molecule has 2 aliphatic heterocycles. The predicted octanol–water partition coefficient (Wildman–Crippen LogP) is -4.79. The van der Waals surface area contributed by atoms with Crippen LogP contribution in [0.15, 0.2) is 21.9 Å². The van der Waals surface area contributed by atoms with E-state index in [0.29, 0.717) is 0 Å². The Morgan fingerprint density at radius 2 is 1.56 bits per heavy atom. The number of phosphoric ester groups is 2. The van der Waals surface area contributed by atoms with Gasteiger partial charge in [-0.05, 0) is 0 Å². The molecule has 2 saturated heterocycles. The van der Waals surface area contributed by atoms with Crippen LogP contribution in [-0.4, -0.2) is 112 Å². The zero-order valence-electron chi connectivity index (χ0n) is 17.9. The Bertz CT molecular complexity index is 1120. The number of hydrogen-bond acceptors (Lipinski definition) is 15. The third-order valence-corrected chi connectivity index (χ3v) is 7.76. The molecule has 0 spiro atoms. The Balaban J connectivity index is 1.61. The Hall–Kier alpha value is -1.38. The smallest absolute Gasteiger partial charge is 0.394 e. The molecule has 1 aromatic rings. The summed E-state index contributed by atoms with van der Waals surface area (Å²) in [7, 11) is -11.1. The first-order chi connectivity index (χ1) is 16.7. The van der Waals surface area contributed by atoms with Gasteiger partial charge in [0.25, 0.3) is 5.56 Å². The first-order valence-electron chi connectivity index (χ1n) is 9.99. The minimum Gasteiger partial charge on any atom is -0.394 e. The van der Waals surface area contributed by atoms with Crippen molar-refractivity contribution in [2.45, 2.75) is 55.2 Å². The highest BCUT2D eigenvalue weighted by Crippen LogP contribution is 2.61. The summed E-state index contributed by atoms with van der Waals surface area (Å²) >= 11 is 0. The lowest BCUT2D eigenvalue weighted by Gasteiger charge is -2.39. The van der Waals surface area contributed by atoms with Gasteiger partial charge in [0, 0.05) is 12.3 Å². The van der Waals surface area contributed by atoms with E-state index >= 15 is 0 Å². The van der Waals surface area contributed by atoms with E-state index in [1.807, 2.05) is 4.98 Å². The number of aliphatic hydroxyl groups excluding tert-OH is 6. The van der Waals surface area contributed by atoms with Gasteiger partial charge in [0.15, 0.2) is 12.5 Å². The summed E-state index contributed by atoms with van der Waals surface area (Å²) in [5.41, 5.74) is -1.75. The van der Waals surface area contributed by atoms with Crippen LogP contribution in [0.3, 0.4) is 0 Å². The van der Waals surface area contributed by atoms with Gasteiger partial charge in [-0.25, -0.2) is 13.9 Å². The van der Waals surface area contributed by atoms with Crippen molar-refractivity contribution in [2.24, 2.45) is 0 Å². The summed E-state index contributed by atoms with van der Waals surface area (Å²) in [5, 5.41) is 58.6. The van der Waals surface area contributed by atoms with Gasteiger partial charge < -0.3 is 49.9 Å². The normalized spacial score (nSPS) is 38.4. The highest BCUT2D eigenvalue weighted by atomic mass is 31.3. The summed E-state index contributed by atoms with van der Waals surface area (Å²) in [6.45, 7) is -1.93. The van der Waals surface area contributed by atoms with Crippen molar-refractivity contribution < 1.29 is 72.4 Å². The zero-order chi connectivity index (χ0) is 27.0. The van der Waals surface area contributed by atoms with E-state index in [9.17, 15) is 54.0 Å². The minimum atomic E-state index is -5.59. The second kappa shape index (κ2) is 11.2. The molecule has 36 heavy (non-hydrogen) atoms. The van der Waals surface area contributed by atoms with Crippen LogP contribution in [0.5, 0.6) is 0 Å². The summed E-state index contributed by atoms with van der Waals surface area (Å²) in [4.78, 5) is 44.5. The number of ether oxygens (including phenoxy) is 2. The van der Waals surface area contributed by atoms with Gasteiger partial charge in [0.1, 0.15) is 42.7 Å². The van der Waals surface area contributed by atoms with Gasteiger partial charge in [0.2, 0.25) is 0 Å². The van der Waals surface area contributed by atoms with Gasteiger partial charge in [-0.3, -0.25) is 23.4 Å². The number of phosphoric acid groups is 2.